The Morgan fingerprint density at radius 3 is 2.73 bits per heavy atom. The maximum absolute atomic E-state index is 12.2. The summed E-state index contributed by atoms with van der Waals surface area (Å²) in [4.78, 5) is 14.1. The molecule has 0 spiro atoms. The molecule has 1 heterocycles. The van der Waals surface area contributed by atoms with Gasteiger partial charge in [-0.15, -0.1) is 11.8 Å². The quantitative estimate of drug-likeness (QED) is 0.676. The maximum Gasteiger partial charge on any atom is 0.233 e. The Balaban J connectivity index is 1.74. The predicted octanol–water partition coefficient (Wildman–Crippen LogP) is 4.21. The van der Waals surface area contributed by atoms with Gasteiger partial charge < -0.3 is 14.4 Å². The topological polar surface area (TPSA) is 38.8 Å². The Bertz CT molecular complexity index is 739. The summed E-state index contributed by atoms with van der Waals surface area (Å²) in [7, 11) is 1.65. The molecule has 1 amide bonds. The summed E-state index contributed by atoms with van der Waals surface area (Å²) in [6.45, 7) is 1.26. The first kappa shape index (κ1) is 19.0. The summed E-state index contributed by atoms with van der Waals surface area (Å²) in [5.74, 6) is 3.09. The number of hydrogen-bond donors (Lipinski definition) is 0. The highest BCUT2D eigenvalue weighted by Gasteiger charge is 2.32. The molecule has 1 fully saturated rings. The predicted molar refractivity (Wildman–Crippen MR) is 109 cm³/mol. The average molecular weight is 390 g/mol. The highest BCUT2D eigenvalue weighted by Crippen LogP contribution is 2.41. The zero-order chi connectivity index (χ0) is 18.4. The van der Waals surface area contributed by atoms with Crippen molar-refractivity contribution in [2.24, 2.45) is 0 Å². The number of thioether (sulfide) groups is 2. The number of amides is 1. The van der Waals surface area contributed by atoms with E-state index in [1.165, 1.54) is 0 Å². The minimum absolute atomic E-state index is 0.0479. The highest BCUT2D eigenvalue weighted by atomic mass is 32.2. The third-order valence-corrected chi connectivity index (χ3v) is 6.06. The molecule has 0 aromatic heterocycles. The van der Waals surface area contributed by atoms with E-state index in [1.807, 2.05) is 53.4 Å². The molecule has 1 aliphatic rings. The van der Waals surface area contributed by atoms with Gasteiger partial charge in [0.2, 0.25) is 5.91 Å². The lowest BCUT2D eigenvalue weighted by Gasteiger charge is -2.24. The Hall–Kier alpha value is -1.79. The summed E-state index contributed by atoms with van der Waals surface area (Å²) < 4.78 is 11.5. The fourth-order valence-corrected chi connectivity index (χ4v) is 4.44. The van der Waals surface area contributed by atoms with E-state index in [2.05, 4.69) is 6.26 Å². The van der Waals surface area contributed by atoms with Gasteiger partial charge in [-0.1, -0.05) is 36.4 Å². The van der Waals surface area contributed by atoms with E-state index in [9.17, 15) is 4.79 Å². The monoisotopic (exact) mass is 389 g/mol. The Kier molecular flexibility index (Phi) is 6.74. The number of carbonyl (C=O) groups excluding carboxylic acids is 1. The first-order valence-corrected chi connectivity index (χ1v) is 10.9. The van der Waals surface area contributed by atoms with Crippen molar-refractivity contribution in [3.8, 4) is 11.5 Å². The summed E-state index contributed by atoms with van der Waals surface area (Å²) in [6, 6.07) is 16.0. The smallest absolute Gasteiger partial charge is 0.233 e. The number of methoxy groups -OCH3 is 1. The maximum atomic E-state index is 12.2. The molecule has 1 atom stereocenters. The molecule has 26 heavy (non-hydrogen) atoms. The van der Waals surface area contributed by atoms with Gasteiger partial charge in [0, 0.05) is 12.3 Å². The largest absolute Gasteiger partial charge is 0.493 e. The van der Waals surface area contributed by atoms with Gasteiger partial charge in [0.05, 0.1) is 12.9 Å². The van der Waals surface area contributed by atoms with Crippen molar-refractivity contribution in [2.45, 2.75) is 12.0 Å². The standard InChI is InChI=1S/C20H23NO3S2/c1-23-18-12-16(20-21(10-11-25-2)19(22)14-26-20)8-9-17(18)24-13-15-6-4-3-5-7-15/h3-9,12,20H,10-11,13-14H2,1-2H3. The molecular weight excluding hydrogens is 366 g/mol. The lowest BCUT2D eigenvalue weighted by molar-refractivity contribution is -0.127. The van der Waals surface area contributed by atoms with Crippen molar-refractivity contribution in [1.82, 2.24) is 4.90 Å². The molecule has 2 aromatic carbocycles. The molecule has 3 rings (SSSR count). The fourth-order valence-electron chi connectivity index (χ4n) is 2.85. The van der Waals surface area contributed by atoms with Crippen molar-refractivity contribution in [3.05, 3.63) is 59.7 Å². The van der Waals surface area contributed by atoms with Gasteiger partial charge >= 0.3 is 0 Å². The van der Waals surface area contributed by atoms with Crippen LogP contribution in [0.4, 0.5) is 0 Å². The third-order valence-electron chi connectivity index (χ3n) is 4.21. The van der Waals surface area contributed by atoms with Crippen LogP contribution < -0.4 is 9.47 Å². The zero-order valence-electron chi connectivity index (χ0n) is 15.0. The van der Waals surface area contributed by atoms with Gasteiger partial charge in [0.1, 0.15) is 12.0 Å². The van der Waals surface area contributed by atoms with Crippen LogP contribution in [0.5, 0.6) is 11.5 Å². The number of carbonyl (C=O) groups is 1. The van der Waals surface area contributed by atoms with Gasteiger partial charge in [-0.05, 0) is 29.5 Å². The first-order valence-electron chi connectivity index (χ1n) is 8.47. The molecule has 4 nitrogen and oxygen atoms in total. The number of rotatable bonds is 8. The Morgan fingerprint density at radius 1 is 1.19 bits per heavy atom. The second kappa shape index (κ2) is 9.24. The van der Waals surface area contributed by atoms with Crippen LogP contribution >= 0.6 is 23.5 Å². The summed E-state index contributed by atoms with van der Waals surface area (Å²) in [5, 5.41) is 0.0479. The van der Waals surface area contributed by atoms with Crippen LogP contribution in [0.15, 0.2) is 48.5 Å². The number of hydrogen-bond acceptors (Lipinski definition) is 5. The van der Waals surface area contributed by atoms with E-state index in [0.29, 0.717) is 23.9 Å². The molecule has 0 N–H and O–H groups in total. The van der Waals surface area contributed by atoms with Gasteiger partial charge in [0.15, 0.2) is 11.5 Å². The van der Waals surface area contributed by atoms with Crippen LogP contribution in [0.1, 0.15) is 16.5 Å². The number of ether oxygens (including phenoxy) is 2. The zero-order valence-corrected chi connectivity index (χ0v) is 16.6. The van der Waals surface area contributed by atoms with Crippen molar-refractivity contribution >= 4 is 29.4 Å². The van der Waals surface area contributed by atoms with E-state index >= 15 is 0 Å². The first-order chi connectivity index (χ1) is 12.7. The van der Waals surface area contributed by atoms with Crippen molar-refractivity contribution < 1.29 is 14.3 Å². The second-order valence-electron chi connectivity index (χ2n) is 5.93. The van der Waals surface area contributed by atoms with Gasteiger partial charge in [-0.25, -0.2) is 0 Å². The molecule has 6 heteroatoms. The lowest BCUT2D eigenvalue weighted by atomic mass is 10.1. The number of benzene rings is 2. The van der Waals surface area contributed by atoms with Crippen LogP contribution in [0.3, 0.4) is 0 Å². The summed E-state index contributed by atoms with van der Waals surface area (Å²) in [5.41, 5.74) is 2.18. The van der Waals surface area contributed by atoms with Gasteiger partial charge in [-0.2, -0.15) is 11.8 Å². The normalized spacial score (nSPS) is 16.8. The Labute approximate surface area is 163 Å². The van der Waals surface area contributed by atoms with Crippen molar-refractivity contribution in [2.75, 3.05) is 31.4 Å². The minimum Gasteiger partial charge on any atom is -0.493 e. The van der Waals surface area contributed by atoms with E-state index in [-0.39, 0.29) is 11.3 Å². The van der Waals surface area contributed by atoms with E-state index in [4.69, 9.17) is 9.47 Å². The van der Waals surface area contributed by atoms with Crippen LogP contribution in [-0.4, -0.2) is 42.2 Å². The minimum atomic E-state index is 0.0479. The molecule has 1 unspecified atom stereocenters. The molecule has 1 saturated heterocycles. The SMILES string of the molecule is COc1cc(C2SCC(=O)N2CCSC)ccc1OCc1ccccc1. The molecule has 1 aliphatic heterocycles. The second-order valence-corrected chi connectivity index (χ2v) is 7.98. The average Bonchev–Trinajstić information content (AvgIpc) is 3.05. The number of nitrogens with zero attached hydrogens (tertiary/aromatic N) is 1. The molecule has 2 aromatic rings. The van der Waals surface area contributed by atoms with Gasteiger partial charge in [-0.3, -0.25) is 4.79 Å². The van der Waals surface area contributed by atoms with Gasteiger partial charge in [0.25, 0.3) is 0 Å². The molecule has 0 aliphatic carbocycles. The molecule has 0 radical (unpaired) electrons. The third kappa shape index (κ3) is 4.48. The molecular formula is C20H23NO3S2. The van der Waals surface area contributed by atoms with E-state index < -0.39 is 0 Å². The van der Waals surface area contributed by atoms with E-state index in [1.54, 1.807) is 30.6 Å². The highest BCUT2D eigenvalue weighted by molar-refractivity contribution is 8.00. The van der Waals surface area contributed by atoms with Crippen molar-refractivity contribution in [3.63, 3.8) is 0 Å². The van der Waals surface area contributed by atoms with Crippen LogP contribution in [0.25, 0.3) is 0 Å². The van der Waals surface area contributed by atoms with Crippen LogP contribution in [0, 0.1) is 0 Å². The summed E-state index contributed by atoms with van der Waals surface area (Å²) >= 11 is 3.42. The van der Waals surface area contributed by atoms with Crippen molar-refractivity contribution in [1.29, 1.82) is 0 Å². The van der Waals surface area contributed by atoms with Crippen LogP contribution in [-0.2, 0) is 11.4 Å². The molecule has 0 bridgehead atoms. The lowest BCUT2D eigenvalue weighted by Crippen LogP contribution is -2.30. The molecule has 138 valence electrons. The van der Waals surface area contributed by atoms with E-state index in [0.717, 1.165) is 23.4 Å². The summed E-state index contributed by atoms with van der Waals surface area (Å²) in [6.07, 6.45) is 2.06. The fraction of sp³-hybridized carbons (Fsp3) is 0.350. The molecule has 0 saturated carbocycles. The Morgan fingerprint density at radius 2 is 2.00 bits per heavy atom. The van der Waals surface area contributed by atoms with Crippen LogP contribution in [0.2, 0.25) is 0 Å².